The molecule has 1 rings (SSSR count). The molecule has 0 aliphatic heterocycles. The Hall–Kier alpha value is -0.890. The summed E-state index contributed by atoms with van der Waals surface area (Å²) >= 11 is 5.60. The minimum absolute atomic E-state index is 0.386. The minimum atomic E-state index is 0.386. The third-order valence-electron chi connectivity index (χ3n) is 2.15. The first-order chi connectivity index (χ1) is 6.69. The van der Waals surface area contributed by atoms with Gasteiger partial charge in [-0.1, -0.05) is 19.9 Å². The molecule has 0 amide bonds. The number of alkyl halides is 1. The van der Waals surface area contributed by atoms with Crippen LogP contribution in [0.15, 0.2) is 18.2 Å². The van der Waals surface area contributed by atoms with Crippen molar-refractivity contribution in [3.8, 4) is 5.75 Å². The Morgan fingerprint density at radius 2 is 2.14 bits per heavy atom. The molecule has 3 heteroatoms. The standard InChI is InChI=1S/C11H16ClNO/c1-8(2)9-4-5-10(13-7-12)11(6-9)14-3/h4-6,8,13H,7H2,1-3H3. The molecule has 1 N–H and O–H groups in total. The van der Waals surface area contributed by atoms with Gasteiger partial charge in [0, 0.05) is 0 Å². The maximum Gasteiger partial charge on any atom is 0.142 e. The Morgan fingerprint density at radius 3 is 2.64 bits per heavy atom. The van der Waals surface area contributed by atoms with E-state index < -0.39 is 0 Å². The summed E-state index contributed by atoms with van der Waals surface area (Å²) in [5.74, 6) is 1.35. The van der Waals surface area contributed by atoms with Gasteiger partial charge in [-0.2, -0.15) is 0 Å². The average Bonchev–Trinajstić information content (AvgIpc) is 2.18. The first kappa shape index (κ1) is 11.2. The Kier molecular flexibility index (Phi) is 4.08. The Labute approximate surface area is 90.2 Å². The van der Waals surface area contributed by atoms with Gasteiger partial charge >= 0.3 is 0 Å². The molecule has 0 saturated carbocycles. The highest BCUT2D eigenvalue weighted by atomic mass is 35.5. The van der Waals surface area contributed by atoms with Crippen molar-refractivity contribution < 1.29 is 4.74 Å². The topological polar surface area (TPSA) is 21.3 Å². The summed E-state index contributed by atoms with van der Waals surface area (Å²) in [7, 11) is 1.67. The maximum atomic E-state index is 5.60. The largest absolute Gasteiger partial charge is 0.495 e. The highest BCUT2D eigenvalue weighted by Gasteiger charge is 2.05. The second kappa shape index (κ2) is 5.11. The summed E-state index contributed by atoms with van der Waals surface area (Å²) in [6.45, 7) is 4.31. The zero-order chi connectivity index (χ0) is 10.6. The van der Waals surface area contributed by atoms with Crippen molar-refractivity contribution in [3.63, 3.8) is 0 Å². The summed E-state index contributed by atoms with van der Waals surface area (Å²) in [6, 6.07) is 6.51. The normalized spacial score (nSPS) is 10.4. The van der Waals surface area contributed by atoms with Crippen LogP contribution in [0.4, 0.5) is 5.69 Å². The number of hydrogen-bond acceptors (Lipinski definition) is 2. The van der Waals surface area contributed by atoms with Gasteiger partial charge in [-0.25, -0.2) is 0 Å². The number of anilines is 1. The molecule has 78 valence electrons. The predicted molar refractivity (Wildman–Crippen MR) is 61.4 cm³/mol. The summed E-state index contributed by atoms with van der Waals surface area (Å²) in [6.07, 6.45) is 0. The van der Waals surface area contributed by atoms with Gasteiger partial charge in [0.15, 0.2) is 0 Å². The second-order valence-electron chi connectivity index (χ2n) is 3.42. The quantitative estimate of drug-likeness (QED) is 0.611. The lowest BCUT2D eigenvalue weighted by Crippen LogP contribution is -1.99. The number of nitrogens with one attached hydrogen (secondary N) is 1. The van der Waals surface area contributed by atoms with Gasteiger partial charge in [0.25, 0.3) is 0 Å². The second-order valence-corrected chi connectivity index (χ2v) is 3.69. The van der Waals surface area contributed by atoms with Gasteiger partial charge in [0.1, 0.15) is 5.75 Å². The van der Waals surface area contributed by atoms with Crippen LogP contribution >= 0.6 is 11.6 Å². The fourth-order valence-corrected chi connectivity index (χ4v) is 1.43. The van der Waals surface area contributed by atoms with Gasteiger partial charge in [0.05, 0.1) is 18.8 Å². The lowest BCUT2D eigenvalue weighted by atomic mass is 10.0. The first-order valence-corrected chi connectivity index (χ1v) is 5.20. The molecular weight excluding hydrogens is 198 g/mol. The van der Waals surface area contributed by atoms with Gasteiger partial charge in [-0.3, -0.25) is 0 Å². The van der Waals surface area contributed by atoms with Crippen LogP contribution < -0.4 is 10.1 Å². The van der Waals surface area contributed by atoms with Crippen molar-refractivity contribution in [2.45, 2.75) is 19.8 Å². The molecule has 1 aromatic carbocycles. The molecule has 0 atom stereocenters. The first-order valence-electron chi connectivity index (χ1n) is 4.66. The van der Waals surface area contributed by atoms with E-state index >= 15 is 0 Å². The summed E-state index contributed by atoms with van der Waals surface area (Å²) in [5.41, 5.74) is 2.20. The van der Waals surface area contributed by atoms with E-state index in [9.17, 15) is 0 Å². The van der Waals surface area contributed by atoms with Crippen LogP contribution in [0.25, 0.3) is 0 Å². The number of benzene rings is 1. The van der Waals surface area contributed by atoms with E-state index in [0.717, 1.165) is 11.4 Å². The predicted octanol–water partition coefficient (Wildman–Crippen LogP) is 3.43. The number of rotatable bonds is 4. The van der Waals surface area contributed by atoms with Gasteiger partial charge in [-0.15, -0.1) is 11.6 Å². The fourth-order valence-electron chi connectivity index (χ4n) is 1.28. The number of hydrogen-bond donors (Lipinski definition) is 1. The molecule has 2 nitrogen and oxygen atoms in total. The number of ether oxygens (including phenoxy) is 1. The highest BCUT2D eigenvalue weighted by Crippen LogP contribution is 2.28. The van der Waals surface area contributed by atoms with Crippen molar-refractivity contribution in [1.82, 2.24) is 0 Å². The molecule has 0 fully saturated rings. The summed E-state index contributed by atoms with van der Waals surface area (Å²) in [4.78, 5) is 0. The fraction of sp³-hybridized carbons (Fsp3) is 0.455. The third-order valence-corrected chi connectivity index (χ3v) is 2.28. The van der Waals surface area contributed by atoms with Crippen LogP contribution in [-0.4, -0.2) is 13.1 Å². The molecule has 0 aliphatic carbocycles. The molecule has 0 saturated heterocycles. The average molecular weight is 214 g/mol. The molecule has 0 aromatic heterocycles. The van der Waals surface area contributed by atoms with Crippen LogP contribution in [0.3, 0.4) is 0 Å². The van der Waals surface area contributed by atoms with Gasteiger partial charge < -0.3 is 10.1 Å². The number of methoxy groups -OCH3 is 1. The molecule has 1 aromatic rings. The van der Waals surface area contributed by atoms with E-state index in [1.54, 1.807) is 7.11 Å². The van der Waals surface area contributed by atoms with Crippen molar-refractivity contribution in [1.29, 1.82) is 0 Å². The van der Waals surface area contributed by atoms with Gasteiger partial charge in [-0.05, 0) is 23.6 Å². The highest BCUT2D eigenvalue weighted by molar-refractivity contribution is 6.18. The van der Waals surface area contributed by atoms with E-state index in [4.69, 9.17) is 16.3 Å². The van der Waals surface area contributed by atoms with E-state index in [-0.39, 0.29) is 0 Å². The lowest BCUT2D eigenvalue weighted by molar-refractivity contribution is 0.416. The van der Waals surface area contributed by atoms with E-state index in [1.165, 1.54) is 5.56 Å². The van der Waals surface area contributed by atoms with Crippen LogP contribution in [0.5, 0.6) is 5.75 Å². The van der Waals surface area contributed by atoms with Crippen LogP contribution in [0.1, 0.15) is 25.3 Å². The molecular formula is C11H16ClNO. The van der Waals surface area contributed by atoms with Crippen LogP contribution in [-0.2, 0) is 0 Å². The molecule has 0 aliphatic rings. The molecule has 0 bridgehead atoms. The van der Waals surface area contributed by atoms with Gasteiger partial charge in [0.2, 0.25) is 0 Å². The third kappa shape index (κ3) is 2.55. The van der Waals surface area contributed by atoms with Crippen LogP contribution in [0, 0.1) is 0 Å². The van der Waals surface area contributed by atoms with Crippen molar-refractivity contribution >= 4 is 17.3 Å². The van der Waals surface area contributed by atoms with E-state index in [0.29, 0.717) is 11.9 Å². The Bertz CT molecular complexity index is 299. The lowest BCUT2D eigenvalue weighted by Gasteiger charge is -2.12. The maximum absolute atomic E-state index is 5.60. The van der Waals surface area contributed by atoms with Crippen molar-refractivity contribution in [3.05, 3.63) is 23.8 Å². The Balaban J connectivity index is 2.98. The SMILES string of the molecule is COc1cc(C(C)C)ccc1NCCl. The Morgan fingerprint density at radius 1 is 1.43 bits per heavy atom. The van der Waals surface area contributed by atoms with E-state index in [2.05, 4.69) is 25.2 Å². The number of halogens is 1. The smallest absolute Gasteiger partial charge is 0.142 e. The zero-order valence-corrected chi connectivity index (χ0v) is 9.56. The van der Waals surface area contributed by atoms with Crippen LogP contribution in [0.2, 0.25) is 0 Å². The summed E-state index contributed by atoms with van der Waals surface area (Å²) in [5, 5.41) is 3.03. The van der Waals surface area contributed by atoms with Crippen molar-refractivity contribution in [2.24, 2.45) is 0 Å². The molecule has 14 heavy (non-hydrogen) atoms. The molecule has 0 radical (unpaired) electrons. The van der Waals surface area contributed by atoms with Crippen molar-refractivity contribution in [2.75, 3.05) is 18.4 Å². The monoisotopic (exact) mass is 213 g/mol. The molecule has 0 heterocycles. The van der Waals surface area contributed by atoms with E-state index in [1.807, 2.05) is 12.1 Å². The minimum Gasteiger partial charge on any atom is -0.495 e. The molecule has 0 unspecified atom stereocenters. The molecule has 0 spiro atoms. The summed E-state index contributed by atoms with van der Waals surface area (Å²) < 4.78 is 5.27. The zero-order valence-electron chi connectivity index (χ0n) is 8.80.